The Morgan fingerprint density at radius 2 is 1.93 bits per heavy atom. The minimum absolute atomic E-state index is 0.0766. The van der Waals surface area contributed by atoms with E-state index in [2.05, 4.69) is 19.8 Å². The molecule has 4 rings (SSSR count). The first kappa shape index (κ1) is 17.2. The first-order valence-corrected chi connectivity index (χ1v) is 8.32. The molecule has 27 heavy (non-hydrogen) atoms. The molecule has 0 bridgehead atoms. The maximum atomic E-state index is 10.6. The number of aromatic amines is 1. The van der Waals surface area contributed by atoms with E-state index in [-0.39, 0.29) is 5.75 Å². The molecule has 0 saturated heterocycles. The fraction of sp³-hybridized carbons (Fsp3) is 0. The molecular formula is C17H10Cl2N4O4. The third-order valence-corrected chi connectivity index (χ3v) is 4.09. The van der Waals surface area contributed by atoms with Crippen LogP contribution < -0.4 is 9.47 Å². The van der Waals surface area contributed by atoms with Gasteiger partial charge in [-0.25, -0.2) is 14.5 Å². The Balaban J connectivity index is 1.65. The summed E-state index contributed by atoms with van der Waals surface area (Å²) in [4.78, 5) is 18.0. The van der Waals surface area contributed by atoms with Crippen LogP contribution in [-0.2, 0) is 0 Å². The van der Waals surface area contributed by atoms with Gasteiger partial charge in [0, 0.05) is 11.1 Å². The van der Waals surface area contributed by atoms with Crippen molar-refractivity contribution in [3.63, 3.8) is 0 Å². The number of rotatable bonds is 4. The zero-order valence-corrected chi connectivity index (χ0v) is 14.9. The number of carboxylic acid groups (broad SMARTS) is 1. The van der Waals surface area contributed by atoms with Crippen molar-refractivity contribution in [3.8, 4) is 23.2 Å². The summed E-state index contributed by atoms with van der Waals surface area (Å²) in [5.41, 5.74) is 1.25. The summed E-state index contributed by atoms with van der Waals surface area (Å²) in [7, 11) is 0. The first-order valence-electron chi connectivity index (χ1n) is 7.56. The molecule has 0 aliphatic rings. The molecule has 0 aliphatic heterocycles. The SMILES string of the molecule is O=C(O)Oc1cnn(-c2nc3cc(Oc4ccc(Cl)cc4)c(Cl)cc3[nH]2)c1. The Morgan fingerprint density at radius 3 is 2.67 bits per heavy atom. The van der Waals surface area contributed by atoms with Crippen LogP contribution >= 0.6 is 23.2 Å². The van der Waals surface area contributed by atoms with Crippen LogP contribution in [0.3, 0.4) is 0 Å². The molecule has 2 aromatic heterocycles. The predicted molar refractivity (Wildman–Crippen MR) is 98.4 cm³/mol. The van der Waals surface area contributed by atoms with Gasteiger partial charge in [-0.2, -0.15) is 5.10 Å². The largest absolute Gasteiger partial charge is 0.511 e. The van der Waals surface area contributed by atoms with E-state index in [1.165, 1.54) is 17.1 Å². The number of aromatic nitrogens is 4. The normalized spacial score (nSPS) is 10.9. The van der Waals surface area contributed by atoms with Gasteiger partial charge in [0.2, 0.25) is 5.95 Å². The average molecular weight is 405 g/mol. The maximum Gasteiger partial charge on any atom is 0.511 e. The van der Waals surface area contributed by atoms with Crippen molar-refractivity contribution >= 4 is 40.4 Å². The number of H-pyrrole nitrogens is 1. The highest BCUT2D eigenvalue weighted by Gasteiger charge is 2.13. The van der Waals surface area contributed by atoms with E-state index >= 15 is 0 Å². The molecule has 136 valence electrons. The van der Waals surface area contributed by atoms with Crippen LogP contribution in [0.4, 0.5) is 4.79 Å². The molecule has 0 atom stereocenters. The van der Waals surface area contributed by atoms with Crippen molar-refractivity contribution in [2.24, 2.45) is 0 Å². The van der Waals surface area contributed by atoms with Gasteiger partial charge in [-0.1, -0.05) is 23.2 Å². The molecule has 0 radical (unpaired) electrons. The number of nitrogens with one attached hydrogen (secondary N) is 1. The van der Waals surface area contributed by atoms with Crippen LogP contribution in [0.15, 0.2) is 48.8 Å². The molecule has 0 saturated carbocycles. The maximum absolute atomic E-state index is 10.6. The molecular weight excluding hydrogens is 395 g/mol. The van der Waals surface area contributed by atoms with Crippen molar-refractivity contribution in [2.45, 2.75) is 0 Å². The van der Waals surface area contributed by atoms with E-state index in [1.807, 2.05) is 0 Å². The summed E-state index contributed by atoms with van der Waals surface area (Å²) in [6.07, 6.45) is 1.23. The van der Waals surface area contributed by atoms with E-state index in [1.54, 1.807) is 36.4 Å². The topological polar surface area (TPSA) is 102 Å². The first-order chi connectivity index (χ1) is 13.0. The number of imidazole rings is 1. The third kappa shape index (κ3) is 3.67. The molecule has 2 N–H and O–H groups in total. The van der Waals surface area contributed by atoms with Gasteiger partial charge in [0.05, 0.1) is 28.4 Å². The fourth-order valence-electron chi connectivity index (χ4n) is 2.39. The Labute approximate surface area is 161 Å². The summed E-state index contributed by atoms with van der Waals surface area (Å²) >= 11 is 12.2. The van der Waals surface area contributed by atoms with Crippen LogP contribution in [-0.4, -0.2) is 31.0 Å². The molecule has 2 heterocycles. The van der Waals surface area contributed by atoms with Crippen LogP contribution in [0.5, 0.6) is 17.2 Å². The van der Waals surface area contributed by atoms with Gasteiger partial charge in [0.25, 0.3) is 0 Å². The molecule has 4 aromatic rings. The molecule has 0 amide bonds. The Hall–Kier alpha value is -3.23. The minimum atomic E-state index is -1.42. The van der Waals surface area contributed by atoms with E-state index in [4.69, 9.17) is 33.0 Å². The number of nitrogens with zero attached hydrogens (tertiary/aromatic N) is 3. The average Bonchev–Trinajstić information content (AvgIpc) is 3.23. The molecule has 10 heteroatoms. The molecule has 2 aromatic carbocycles. The van der Waals surface area contributed by atoms with E-state index in [9.17, 15) is 4.79 Å². The highest BCUT2D eigenvalue weighted by molar-refractivity contribution is 6.32. The van der Waals surface area contributed by atoms with Crippen LogP contribution in [0.2, 0.25) is 10.0 Å². The quantitative estimate of drug-likeness (QED) is 0.468. The number of fused-ring (bicyclic) bond motifs is 1. The van der Waals surface area contributed by atoms with Crippen LogP contribution in [0.1, 0.15) is 0 Å². The number of hydrogen-bond donors (Lipinski definition) is 2. The lowest BCUT2D eigenvalue weighted by Crippen LogP contribution is -2.02. The van der Waals surface area contributed by atoms with Gasteiger partial charge < -0.3 is 19.6 Å². The second kappa shape index (κ2) is 6.82. The van der Waals surface area contributed by atoms with Gasteiger partial charge >= 0.3 is 6.16 Å². The number of hydrogen-bond acceptors (Lipinski definition) is 5. The van der Waals surface area contributed by atoms with E-state index < -0.39 is 6.16 Å². The van der Waals surface area contributed by atoms with Gasteiger partial charge in [-0.05, 0) is 30.3 Å². The Morgan fingerprint density at radius 1 is 1.15 bits per heavy atom. The fourth-order valence-corrected chi connectivity index (χ4v) is 2.72. The summed E-state index contributed by atoms with van der Waals surface area (Å²) in [5.74, 6) is 1.46. The summed E-state index contributed by atoms with van der Waals surface area (Å²) in [6.45, 7) is 0. The molecule has 0 fully saturated rings. The van der Waals surface area contributed by atoms with Crippen LogP contribution in [0, 0.1) is 0 Å². The van der Waals surface area contributed by atoms with Crippen LogP contribution in [0.25, 0.3) is 17.0 Å². The van der Waals surface area contributed by atoms with Crippen molar-refractivity contribution in [3.05, 3.63) is 58.8 Å². The van der Waals surface area contributed by atoms with Gasteiger partial charge in [-0.3, -0.25) is 0 Å². The highest BCUT2D eigenvalue weighted by Crippen LogP contribution is 2.33. The van der Waals surface area contributed by atoms with Crippen molar-refractivity contribution in [2.75, 3.05) is 0 Å². The summed E-state index contributed by atoms with van der Waals surface area (Å²) < 4.78 is 11.7. The highest BCUT2D eigenvalue weighted by atomic mass is 35.5. The number of ether oxygens (including phenoxy) is 2. The lowest BCUT2D eigenvalue weighted by Gasteiger charge is -2.07. The standard InChI is InChI=1S/C17H10Cl2N4O4/c18-9-1-3-10(4-2-9)26-15-6-14-13(5-12(15)19)21-16(22-14)23-8-11(7-20-23)27-17(24)25/h1-8H,(H,21,22)(H,24,25). The lowest BCUT2D eigenvalue weighted by molar-refractivity contribution is 0.144. The number of carbonyl (C=O) groups is 1. The predicted octanol–water partition coefficient (Wildman–Crippen LogP) is 4.90. The van der Waals surface area contributed by atoms with Crippen molar-refractivity contribution < 1.29 is 19.4 Å². The van der Waals surface area contributed by atoms with E-state index in [0.29, 0.717) is 38.5 Å². The Kier molecular flexibility index (Phi) is 4.35. The lowest BCUT2D eigenvalue weighted by atomic mass is 10.3. The summed E-state index contributed by atoms with van der Waals surface area (Å²) in [5, 5.41) is 13.6. The van der Waals surface area contributed by atoms with E-state index in [0.717, 1.165) is 0 Å². The smallest absolute Gasteiger partial charge is 0.456 e. The number of halogens is 2. The molecule has 8 nitrogen and oxygen atoms in total. The second-order valence-electron chi connectivity index (χ2n) is 5.40. The molecule has 0 spiro atoms. The third-order valence-electron chi connectivity index (χ3n) is 3.55. The monoisotopic (exact) mass is 404 g/mol. The van der Waals surface area contributed by atoms with Gasteiger partial charge in [-0.15, -0.1) is 0 Å². The zero-order valence-electron chi connectivity index (χ0n) is 13.4. The van der Waals surface area contributed by atoms with Gasteiger partial charge in [0.1, 0.15) is 11.5 Å². The second-order valence-corrected chi connectivity index (χ2v) is 6.25. The summed E-state index contributed by atoms with van der Waals surface area (Å²) in [6, 6.07) is 10.2. The molecule has 0 unspecified atom stereocenters. The zero-order chi connectivity index (χ0) is 19.0. The number of benzene rings is 2. The molecule has 0 aliphatic carbocycles. The Bertz CT molecular complexity index is 1140. The van der Waals surface area contributed by atoms with Crippen molar-refractivity contribution in [1.82, 2.24) is 19.7 Å². The minimum Gasteiger partial charge on any atom is -0.456 e. The van der Waals surface area contributed by atoms with Crippen molar-refractivity contribution in [1.29, 1.82) is 0 Å². The van der Waals surface area contributed by atoms with Gasteiger partial charge in [0.15, 0.2) is 5.75 Å².